The molecule has 0 saturated carbocycles. The van der Waals surface area contributed by atoms with Crippen LogP contribution in [0.2, 0.25) is 0 Å². The monoisotopic (exact) mass is 437 g/mol. The van der Waals surface area contributed by atoms with E-state index in [9.17, 15) is 14.7 Å². The van der Waals surface area contributed by atoms with E-state index in [0.717, 1.165) is 57.9 Å². The van der Waals surface area contributed by atoms with Crippen LogP contribution in [0, 0.1) is 0 Å². The fourth-order valence-corrected chi connectivity index (χ4v) is 3.61. The van der Waals surface area contributed by atoms with Crippen LogP contribution < -0.4 is 10.6 Å². The lowest BCUT2D eigenvalue weighted by Gasteiger charge is -2.29. The molecule has 0 aliphatic heterocycles. The van der Waals surface area contributed by atoms with Crippen LogP contribution in [-0.4, -0.2) is 60.1 Å². The lowest BCUT2D eigenvalue weighted by atomic mass is 10.1. The fourth-order valence-electron chi connectivity index (χ4n) is 3.61. The molecule has 0 saturated heterocycles. The van der Waals surface area contributed by atoms with Gasteiger partial charge >= 0.3 is 0 Å². The second-order valence-corrected chi connectivity index (χ2v) is 8.55. The van der Waals surface area contributed by atoms with Crippen LogP contribution in [0.1, 0.15) is 84.5 Å². The topological polar surface area (TPSA) is 81.7 Å². The van der Waals surface area contributed by atoms with Gasteiger partial charge in [-0.15, -0.1) is 13.2 Å². The van der Waals surface area contributed by atoms with Crippen LogP contribution in [0.4, 0.5) is 0 Å². The summed E-state index contributed by atoms with van der Waals surface area (Å²) in [6.45, 7) is 13.7. The van der Waals surface area contributed by atoms with Crippen LogP contribution in [-0.2, 0) is 9.59 Å². The Balaban J connectivity index is 4.28. The molecule has 2 amide bonds. The van der Waals surface area contributed by atoms with E-state index in [4.69, 9.17) is 0 Å². The third-order valence-electron chi connectivity index (χ3n) is 5.14. The van der Waals surface area contributed by atoms with Crippen molar-refractivity contribution in [3.05, 3.63) is 25.3 Å². The minimum absolute atomic E-state index is 0.0205. The maximum atomic E-state index is 12.2. The molecular formula is C25H47N3O3. The van der Waals surface area contributed by atoms with Gasteiger partial charge in [-0.2, -0.15) is 0 Å². The average molecular weight is 438 g/mol. The lowest BCUT2D eigenvalue weighted by molar-refractivity contribution is -0.122. The summed E-state index contributed by atoms with van der Waals surface area (Å²) in [5, 5.41) is 15.4. The summed E-state index contributed by atoms with van der Waals surface area (Å²) in [6.07, 6.45) is 13.7. The summed E-state index contributed by atoms with van der Waals surface area (Å²) in [5.41, 5.74) is 0. The number of rotatable bonds is 21. The Morgan fingerprint density at radius 2 is 1.26 bits per heavy atom. The molecule has 0 aromatic carbocycles. The number of nitrogens with zero attached hydrogens (tertiary/aromatic N) is 1. The van der Waals surface area contributed by atoms with Gasteiger partial charge in [0.1, 0.15) is 0 Å². The third-order valence-corrected chi connectivity index (χ3v) is 5.14. The second-order valence-electron chi connectivity index (χ2n) is 8.55. The van der Waals surface area contributed by atoms with Crippen molar-refractivity contribution in [2.24, 2.45) is 0 Å². The lowest BCUT2D eigenvalue weighted by Crippen LogP contribution is -2.47. The average Bonchev–Trinajstić information content (AvgIpc) is 2.71. The number of hydrogen-bond acceptors (Lipinski definition) is 4. The molecule has 0 bridgehead atoms. The van der Waals surface area contributed by atoms with Crippen LogP contribution in [0.5, 0.6) is 0 Å². The molecule has 2 atom stereocenters. The third kappa shape index (κ3) is 18.8. The molecule has 0 aromatic rings. The molecule has 0 radical (unpaired) electrons. The number of nitrogens with one attached hydrogen (secondary N) is 2. The van der Waals surface area contributed by atoms with Gasteiger partial charge in [-0.05, 0) is 58.8 Å². The van der Waals surface area contributed by atoms with Crippen LogP contribution in [0.3, 0.4) is 0 Å². The van der Waals surface area contributed by atoms with Crippen molar-refractivity contribution in [2.45, 2.75) is 96.6 Å². The van der Waals surface area contributed by atoms with E-state index in [0.29, 0.717) is 32.4 Å². The van der Waals surface area contributed by atoms with Gasteiger partial charge in [-0.25, -0.2) is 0 Å². The largest absolute Gasteiger partial charge is 0.396 e. The minimum atomic E-state index is 0.0205. The van der Waals surface area contributed by atoms with E-state index >= 15 is 0 Å². The normalized spacial score (nSPS) is 12.9. The number of allylic oxidation sites excluding steroid dienone is 2. The van der Waals surface area contributed by atoms with Crippen molar-refractivity contribution < 1.29 is 14.7 Å². The first-order valence-electron chi connectivity index (χ1n) is 12.1. The first-order valence-corrected chi connectivity index (χ1v) is 12.1. The van der Waals surface area contributed by atoms with E-state index in [-0.39, 0.29) is 30.5 Å². The highest BCUT2D eigenvalue weighted by atomic mass is 16.3. The Morgan fingerprint density at radius 3 is 1.65 bits per heavy atom. The number of hydrogen-bond donors (Lipinski definition) is 3. The van der Waals surface area contributed by atoms with E-state index < -0.39 is 0 Å². The highest BCUT2D eigenvalue weighted by Gasteiger charge is 2.16. The van der Waals surface area contributed by atoms with Gasteiger partial charge in [-0.1, -0.05) is 25.0 Å². The van der Waals surface area contributed by atoms with Crippen LogP contribution in [0.25, 0.3) is 0 Å². The van der Waals surface area contributed by atoms with Gasteiger partial charge in [0.25, 0.3) is 0 Å². The quantitative estimate of drug-likeness (QED) is 0.188. The molecule has 2 unspecified atom stereocenters. The number of amides is 2. The molecule has 6 heteroatoms. The van der Waals surface area contributed by atoms with Crippen molar-refractivity contribution in [2.75, 3.05) is 26.2 Å². The van der Waals surface area contributed by atoms with Crippen molar-refractivity contribution in [1.29, 1.82) is 0 Å². The van der Waals surface area contributed by atoms with E-state index in [1.807, 2.05) is 26.0 Å². The van der Waals surface area contributed by atoms with Crippen LogP contribution >= 0.6 is 0 Å². The van der Waals surface area contributed by atoms with E-state index in [2.05, 4.69) is 28.7 Å². The summed E-state index contributed by atoms with van der Waals surface area (Å²) >= 11 is 0. The molecule has 0 fully saturated rings. The number of carbonyl (C=O) groups is 2. The summed E-state index contributed by atoms with van der Waals surface area (Å²) in [5.74, 6) is 0.178. The SMILES string of the molecule is C=CCCCCCC(=O)NC(C)CN(CCCO)CC(C)NC(=O)CCCCCC=C. The Bertz CT molecular complexity index is 456. The number of aliphatic hydroxyl groups excluding tert-OH is 1. The molecule has 180 valence electrons. The predicted molar refractivity (Wildman–Crippen MR) is 130 cm³/mol. The zero-order valence-corrected chi connectivity index (χ0v) is 20.0. The second kappa shape index (κ2) is 20.3. The molecule has 3 N–H and O–H groups in total. The van der Waals surface area contributed by atoms with Gasteiger partial charge < -0.3 is 15.7 Å². The molecule has 0 aromatic heterocycles. The highest BCUT2D eigenvalue weighted by Crippen LogP contribution is 2.05. The van der Waals surface area contributed by atoms with Gasteiger partial charge in [0.05, 0.1) is 0 Å². The maximum absolute atomic E-state index is 12.2. The van der Waals surface area contributed by atoms with E-state index in [1.165, 1.54) is 0 Å². The van der Waals surface area contributed by atoms with Gasteiger partial charge in [0.15, 0.2) is 0 Å². The highest BCUT2D eigenvalue weighted by molar-refractivity contribution is 5.76. The van der Waals surface area contributed by atoms with Gasteiger partial charge in [0.2, 0.25) is 11.8 Å². The zero-order valence-electron chi connectivity index (χ0n) is 20.0. The van der Waals surface area contributed by atoms with Crippen molar-refractivity contribution in [1.82, 2.24) is 15.5 Å². The first-order chi connectivity index (χ1) is 14.9. The molecule has 31 heavy (non-hydrogen) atoms. The fraction of sp³-hybridized carbons (Fsp3) is 0.760. The Morgan fingerprint density at radius 1 is 0.806 bits per heavy atom. The Labute approximate surface area is 190 Å². The molecule has 0 heterocycles. The predicted octanol–water partition coefficient (Wildman–Crippen LogP) is 3.95. The molecule has 0 aliphatic rings. The van der Waals surface area contributed by atoms with E-state index in [1.54, 1.807) is 0 Å². The first kappa shape index (κ1) is 29.3. The minimum Gasteiger partial charge on any atom is -0.396 e. The summed E-state index contributed by atoms with van der Waals surface area (Å²) in [7, 11) is 0. The van der Waals surface area contributed by atoms with Crippen molar-refractivity contribution in [3.63, 3.8) is 0 Å². The molecule has 0 aliphatic carbocycles. The van der Waals surface area contributed by atoms with Crippen LogP contribution in [0.15, 0.2) is 25.3 Å². The number of unbranched alkanes of at least 4 members (excludes halogenated alkanes) is 6. The zero-order chi connectivity index (χ0) is 23.3. The Kier molecular flexibility index (Phi) is 19.2. The Hall–Kier alpha value is -1.66. The molecule has 6 nitrogen and oxygen atoms in total. The standard InChI is InChI=1S/C25H47N3O3/c1-5-7-9-11-13-16-24(30)26-22(3)20-28(18-15-19-29)21-23(4)27-25(31)17-14-12-10-8-6-2/h5-6,22-23,29H,1-2,7-21H2,3-4H3,(H,26,30)(H,27,31). The summed E-state index contributed by atoms with van der Waals surface area (Å²) in [4.78, 5) is 26.5. The number of aliphatic hydroxyl groups is 1. The van der Waals surface area contributed by atoms with Crippen molar-refractivity contribution in [3.8, 4) is 0 Å². The van der Waals surface area contributed by atoms with Gasteiger partial charge in [0, 0.05) is 51.2 Å². The number of carbonyl (C=O) groups excluding carboxylic acids is 2. The maximum Gasteiger partial charge on any atom is 0.220 e. The smallest absolute Gasteiger partial charge is 0.220 e. The summed E-state index contributed by atoms with van der Waals surface area (Å²) < 4.78 is 0. The molecule has 0 rings (SSSR count). The summed E-state index contributed by atoms with van der Waals surface area (Å²) in [6, 6.07) is 0.0410. The molecular weight excluding hydrogens is 390 g/mol. The molecule has 0 spiro atoms. The van der Waals surface area contributed by atoms with Gasteiger partial charge in [-0.3, -0.25) is 14.5 Å². The van der Waals surface area contributed by atoms with Crippen molar-refractivity contribution >= 4 is 11.8 Å².